The molecule has 1 saturated heterocycles. The molecule has 24 heavy (non-hydrogen) atoms. The molecule has 0 aliphatic carbocycles. The fourth-order valence-corrected chi connectivity index (χ4v) is 3.05. The number of aromatic nitrogens is 4. The molecule has 1 unspecified atom stereocenters. The van der Waals surface area contributed by atoms with E-state index in [2.05, 4.69) is 25.2 Å². The van der Waals surface area contributed by atoms with E-state index in [0.29, 0.717) is 30.0 Å². The van der Waals surface area contributed by atoms with Gasteiger partial charge in [0.05, 0.1) is 12.6 Å². The van der Waals surface area contributed by atoms with Crippen LogP contribution in [-0.4, -0.2) is 31.7 Å². The Morgan fingerprint density at radius 2 is 2.00 bits per heavy atom. The van der Waals surface area contributed by atoms with Crippen LogP contribution < -0.4 is 0 Å². The van der Waals surface area contributed by atoms with E-state index in [1.165, 1.54) is 0 Å². The van der Waals surface area contributed by atoms with Gasteiger partial charge in [-0.25, -0.2) is 0 Å². The van der Waals surface area contributed by atoms with Crippen LogP contribution in [0.3, 0.4) is 0 Å². The lowest BCUT2D eigenvalue weighted by molar-refractivity contribution is 0.195. The van der Waals surface area contributed by atoms with E-state index >= 15 is 0 Å². The van der Waals surface area contributed by atoms with Gasteiger partial charge in [-0.05, 0) is 19.4 Å². The highest BCUT2D eigenvalue weighted by atomic mass is 16.5. The van der Waals surface area contributed by atoms with Gasteiger partial charge in [-0.2, -0.15) is 9.97 Å². The third-order valence-electron chi connectivity index (χ3n) is 4.28. The largest absolute Gasteiger partial charge is 0.339 e. The summed E-state index contributed by atoms with van der Waals surface area (Å²) in [7, 11) is 0. The molecule has 0 saturated carbocycles. The van der Waals surface area contributed by atoms with Crippen LogP contribution in [0.25, 0.3) is 11.4 Å². The van der Waals surface area contributed by atoms with Crippen molar-refractivity contribution in [2.75, 3.05) is 6.54 Å². The van der Waals surface area contributed by atoms with Crippen molar-refractivity contribution in [1.29, 1.82) is 0 Å². The average molecular weight is 325 g/mol. The normalized spacial score (nSPS) is 18.3. The van der Waals surface area contributed by atoms with Crippen molar-refractivity contribution >= 4 is 0 Å². The summed E-state index contributed by atoms with van der Waals surface area (Å²) in [6.07, 6.45) is 2.83. The van der Waals surface area contributed by atoms with Gasteiger partial charge in [-0.3, -0.25) is 4.90 Å². The van der Waals surface area contributed by atoms with Crippen LogP contribution in [-0.2, 0) is 13.0 Å². The van der Waals surface area contributed by atoms with Crippen LogP contribution in [0.2, 0.25) is 0 Å². The molecule has 1 aliphatic heterocycles. The maximum Gasteiger partial charge on any atom is 0.244 e. The summed E-state index contributed by atoms with van der Waals surface area (Å²) in [6, 6.07) is 9.97. The Balaban J connectivity index is 1.51. The van der Waals surface area contributed by atoms with Gasteiger partial charge in [0.15, 0.2) is 5.82 Å². The predicted molar refractivity (Wildman–Crippen MR) is 85.8 cm³/mol. The standard InChI is InChI=1S/C17H19N5O2/c1-2-15-18-14(20-23-15)11-22-10-6-9-13(22)17-19-16(21-24-17)12-7-4-3-5-8-12/h3-5,7-8,13H,2,6,9-11H2,1H3. The summed E-state index contributed by atoms with van der Waals surface area (Å²) in [5.41, 5.74) is 0.961. The molecular formula is C17H19N5O2. The average Bonchev–Trinajstić information content (AvgIpc) is 3.36. The quantitative estimate of drug-likeness (QED) is 0.713. The number of hydrogen-bond acceptors (Lipinski definition) is 7. The zero-order valence-corrected chi connectivity index (χ0v) is 13.6. The van der Waals surface area contributed by atoms with E-state index < -0.39 is 0 Å². The smallest absolute Gasteiger partial charge is 0.244 e. The highest BCUT2D eigenvalue weighted by Gasteiger charge is 2.31. The first-order chi connectivity index (χ1) is 11.8. The second-order valence-corrected chi connectivity index (χ2v) is 5.91. The lowest BCUT2D eigenvalue weighted by Crippen LogP contribution is -2.23. The monoisotopic (exact) mass is 325 g/mol. The molecule has 1 aliphatic rings. The Bertz CT molecular complexity index is 798. The molecule has 1 atom stereocenters. The molecular weight excluding hydrogens is 306 g/mol. The molecule has 0 bridgehead atoms. The maximum absolute atomic E-state index is 5.53. The molecule has 124 valence electrons. The SMILES string of the molecule is CCc1nc(CN2CCCC2c2nc(-c3ccccc3)no2)no1. The Kier molecular flexibility index (Phi) is 4.08. The van der Waals surface area contributed by atoms with Crippen molar-refractivity contribution in [1.82, 2.24) is 25.2 Å². The first-order valence-corrected chi connectivity index (χ1v) is 8.28. The fraction of sp³-hybridized carbons (Fsp3) is 0.412. The van der Waals surface area contributed by atoms with Gasteiger partial charge in [0, 0.05) is 12.0 Å². The van der Waals surface area contributed by atoms with Gasteiger partial charge < -0.3 is 9.05 Å². The van der Waals surface area contributed by atoms with Crippen LogP contribution in [0.15, 0.2) is 39.4 Å². The molecule has 0 spiro atoms. The fourth-order valence-electron chi connectivity index (χ4n) is 3.05. The number of likely N-dealkylation sites (tertiary alicyclic amines) is 1. The van der Waals surface area contributed by atoms with E-state index in [1.54, 1.807) is 0 Å². The molecule has 7 nitrogen and oxygen atoms in total. The molecule has 0 amide bonds. The summed E-state index contributed by atoms with van der Waals surface area (Å²) in [6.45, 7) is 3.60. The molecule has 3 aromatic rings. The highest BCUT2D eigenvalue weighted by molar-refractivity contribution is 5.53. The van der Waals surface area contributed by atoms with E-state index in [4.69, 9.17) is 9.05 Å². The Labute approximate surface area is 139 Å². The second-order valence-electron chi connectivity index (χ2n) is 5.91. The summed E-state index contributed by atoms with van der Waals surface area (Å²) in [5, 5.41) is 8.16. The van der Waals surface area contributed by atoms with Gasteiger partial charge in [0.25, 0.3) is 0 Å². The minimum Gasteiger partial charge on any atom is -0.339 e. The summed E-state index contributed by atoms with van der Waals surface area (Å²) < 4.78 is 10.7. The third kappa shape index (κ3) is 2.94. The first kappa shape index (κ1) is 15.0. The summed E-state index contributed by atoms with van der Waals surface area (Å²) in [5.74, 6) is 2.67. The van der Waals surface area contributed by atoms with Crippen LogP contribution in [0.5, 0.6) is 0 Å². The Hall–Kier alpha value is -2.54. The van der Waals surface area contributed by atoms with Crippen LogP contribution >= 0.6 is 0 Å². The number of benzene rings is 1. The summed E-state index contributed by atoms with van der Waals surface area (Å²) in [4.78, 5) is 11.2. The first-order valence-electron chi connectivity index (χ1n) is 8.28. The topological polar surface area (TPSA) is 81.1 Å². The number of rotatable bonds is 5. The van der Waals surface area contributed by atoms with E-state index in [1.807, 2.05) is 37.3 Å². The predicted octanol–water partition coefficient (Wildman–Crippen LogP) is 3.02. The third-order valence-corrected chi connectivity index (χ3v) is 4.28. The Morgan fingerprint density at radius 1 is 1.12 bits per heavy atom. The highest BCUT2D eigenvalue weighted by Crippen LogP contribution is 2.32. The molecule has 1 aromatic carbocycles. The van der Waals surface area contributed by atoms with Gasteiger partial charge >= 0.3 is 0 Å². The van der Waals surface area contributed by atoms with Gasteiger partial charge in [-0.1, -0.05) is 47.6 Å². The Morgan fingerprint density at radius 3 is 2.79 bits per heavy atom. The lowest BCUT2D eigenvalue weighted by Gasteiger charge is -2.19. The molecule has 4 rings (SSSR count). The van der Waals surface area contributed by atoms with Gasteiger partial charge in [-0.15, -0.1) is 0 Å². The molecule has 1 fully saturated rings. The minimum absolute atomic E-state index is 0.110. The zero-order chi connectivity index (χ0) is 16.4. The van der Waals surface area contributed by atoms with Crippen LogP contribution in [0.4, 0.5) is 0 Å². The van der Waals surface area contributed by atoms with E-state index in [0.717, 1.165) is 31.4 Å². The van der Waals surface area contributed by atoms with E-state index in [9.17, 15) is 0 Å². The van der Waals surface area contributed by atoms with Crippen molar-refractivity contribution in [3.8, 4) is 11.4 Å². The van der Waals surface area contributed by atoms with Crippen molar-refractivity contribution in [2.24, 2.45) is 0 Å². The van der Waals surface area contributed by atoms with Gasteiger partial charge in [0.1, 0.15) is 0 Å². The van der Waals surface area contributed by atoms with Crippen LogP contribution in [0, 0.1) is 0 Å². The van der Waals surface area contributed by atoms with Crippen molar-refractivity contribution in [3.05, 3.63) is 47.9 Å². The number of nitrogens with zero attached hydrogens (tertiary/aromatic N) is 5. The van der Waals surface area contributed by atoms with E-state index in [-0.39, 0.29) is 6.04 Å². The van der Waals surface area contributed by atoms with Crippen molar-refractivity contribution in [3.63, 3.8) is 0 Å². The van der Waals surface area contributed by atoms with Crippen molar-refractivity contribution < 1.29 is 9.05 Å². The minimum atomic E-state index is 0.110. The number of hydrogen-bond donors (Lipinski definition) is 0. The molecule has 2 aromatic heterocycles. The molecule has 0 radical (unpaired) electrons. The second kappa shape index (κ2) is 6.52. The number of aryl methyl sites for hydroxylation is 1. The van der Waals surface area contributed by atoms with Gasteiger partial charge in [0.2, 0.25) is 17.6 Å². The molecule has 3 heterocycles. The van der Waals surface area contributed by atoms with Crippen LogP contribution in [0.1, 0.15) is 43.4 Å². The lowest BCUT2D eigenvalue weighted by atomic mass is 10.2. The van der Waals surface area contributed by atoms with Crippen molar-refractivity contribution in [2.45, 2.75) is 38.8 Å². The maximum atomic E-state index is 5.53. The molecule has 7 heteroatoms. The summed E-state index contributed by atoms with van der Waals surface area (Å²) >= 11 is 0. The zero-order valence-electron chi connectivity index (χ0n) is 13.6. The molecule has 0 N–H and O–H groups in total.